The molecular weight excluding hydrogens is 148 g/mol. The minimum atomic E-state index is 0.520. The largest absolute Gasteiger partial charge is 0.326 e. The van der Waals surface area contributed by atoms with Crippen molar-refractivity contribution >= 4 is 0 Å². The molecule has 2 aliphatic heterocycles. The Morgan fingerprint density at radius 1 is 1.00 bits per heavy atom. The first-order valence-corrected chi connectivity index (χ1v) is 5.39. The molecule has 1 aliphatic carbocycles. The van der Waals surface area contributed by atoms with Gasteiger partial charge in [0.15, 0.2) is 0 Å². The Balaban J connectivity index is 1.77. The van der Waals surface area contributed by atoms with Crippen molar-refractivity contribution in [1.82, 2.24) is 4.90 Å². The van der Waals surface area contributed by atoms with E-state index in [0.29, 0.717) is 6.04 Å². The summed E-state index contributed by atoms with van der Waals surface area (Å²) in [6.07, 6.45) is 8.53. The molecule has 3 aliphatic rings. The Morgan fingerprint density at radius 2 is 1.58 bits per heavy atom. The van der Waals surface area contributed by atoms with Crippen molar-refractivity contribution in [3.8, 4) is 0 Å². The van der Waals surface area contributed by atoms with E-state index in [4.69, 9.17) is 5.73 Å². The molecule has 68 valence electrons. The molecule has 2 saturated heterocycles. The SMILES string of the molecule is NC1CC1N1C2CCCC1CC2. The second kappa shape index (κ2) is 2.46. The predicted molar refractivity (Wildman–Crippen MR) is 48.9 cm³/mol. The van der Waals surface area contributed by atoms with Crippen LogP contribution in [-0.4, -0.2) is 29.1 Å². The van der Waals surface area contributed by atoms with E-state index >= 15 is 0 Å². The summed E-state index contributed by atoms with van der Waals surface area (Å²) in [5.41, 5.74) is 5.91. The Kier molecular flexibility index (Phi) is 1.50. The number of nitrogens with two attached hydrogens (primary N) is 1. The van der Waals surface area contributed by atoms with Gasteiger partial charge in [0.25, 0.3) is 0 Å². The van der Waals surface area contributed by atoms with E-state index in [1.165, 1.54) is 38.5 Å². The average molecular weight is 166 g/mol. The summed E-state index contributed by atoms with van der Waals surface area (Å²) in [7, 11) is 0. The van der Waals surface area contributed by atoms with Gasteiger partial charge in [-0.15, -0.1) is 0 Å². The zero-order chi connectivity index (χ0) is 8.13. The summed E-state index contributed by atoms with van der Waals surface area (Å²) in [5, 5.41) is 0. The van der Waals surface area contributed by atoms with Gasteiger partial charge in [0.05, 0.1) is 0 Å². The number of rotatable bonds is 1. The average Bonchev–Trinajstić information content (AvgIpc) is 2.74. The maximum absolute atomic E-state index is 5.91. The summed E-state index contributed by atoms with van der Waals surface area (Å²) in [6, 6.07) is 3.14. The maximum atomic E-state index is 5.91. The van der Waals surface area contributed by atoms with Gasteiger partial charge in [0.1, 0.15) is 0 Å². The predicted octanol–water partition coefficient (Wildman–Crippen LogP) is 1.10. The molecular formula is C10H18N2. The minimum absolute atomic E-state index is 0.520. The third kappa shape index (κ3) is 0.944. The molecule has 1 saturated carbocycles. The Labute approximate surface area is 74.1 Å². The molecule has 0 aromatic rings. The lowest BCUT2D eigenvalue weighted by molar-refractivity contribution is 0.129. The Morgan fingerprint density at radius 3 is 2.08 bits per heavy atom. The van der Waals surface area contributed by atoms with Crippen LogP contribution in [0.25, 0.3) is 0 Å². The topological polar surface area (TPSA) is 29.3 Å². The molecule has 0 aromatic heterocycles. The molecule has 0 aromatic carbocycles. The van der Waals surface area contributed by atoms with Crippen molar-refractivity contribution < 1.29 is 0 Å². The second-order valence-corrected chi connectivity index (χ2v) is 4.73. The van der Waals surface area contributed by atoms with Crippen molar-refractivity contribution in [3.63, 3.8) is 0 Å². The normalized spacial score (nSPS) is 52.8. The van der Waals surface area contributed by atoms with Gasteiger partial charge in [-0.2, -0.15) is 0 Å². The summed E-state index contributed by atoms with van der Waals surface area (Å²) in [5.74, 6) is 0. The zero-order valence-corrected chi connectivity index (χ0v) is 7.58. The molecule has 2 N–H and O–H groups in total. The Bertz CT molecular complexity index is 176. The first-order valence-electron chi connectivity index (χ1n) is 5.39. The van der Waals surface area contributed by atoms with Gasteiger partial charge in [0.2, 0.25) is 0 Å². The van der Waals surface area contributed by atoms with Gasteiger partial charge in [-0.1, -0.05) is 6.42 Å². The fourth-order valence-electron chi connectivity index (χ4n) is 3.24. The van der Waals surface area contributed by atoms with E-state index in [1.54, 1.807) is 0 Å². The highest BCUT2D eigenvalue weighted by atomic mass is 15.3. The van der Waals surface area contributed by atoms with Crippen LogP contribution in [0, 0.1) is 0 Å². The van der Waals surface area contributed by atoms with E-state index in [9.17, 15) is 0 Å². The van der Waals surface area contributed by atoms with Crippen LogP contribution in [0.2, 0.25) is 0 Å². The highest BCUT2D eigenvalue weighted by Gasteiger charge is 2.48. The number of nitrogens with zero attached hydrogens (tertiary/aromatic N) is 1. The number of piperidine rings is 1. The van der Waals surface area contributed by atoms with Crippen LogP contribution < -0.4 is 5.73 Å². The molecule has 4 atom stereocenters. The fraction of sp³-hybridized carbons (Fsp3) is 1.00. The van der Waals surface area contributed by atoms with Crippen LogP contribution in [0.15, 0.2) is 0 Å². The molecule has 2 bridgehead atoms. The summed E-state index contributed by atoms with van der Waals surface area (Å²) in [4.78, 5) is 2.76. The first kappa shape index (κ1) is 7.34. The quantitative estimate of drug-likeness (QED) is 0.632. The van der Waals surface area contributed by atoms with Gasteiger partial charge in [0, 0.05) is 24.2 Å². The lowest BCUT2D eigenvalue weighted by Gasteiger charge is -2.35. The van der Waals surface area contributed by atoms with Crippen LogP contribution in [0.5, 0.6) is 0 Å². The number of fused-ring (bicyclic) bond motifs is 2. The molecule has 0 spiro atoms. The van der Waals surface area contributed by atoms with Crippen LogP contribution in [-0.2, 0) is 0 Å². The molecule has 3 rings (SSSR count). The van der Waals surface area contributed by atoms with Crippen LogP contribution in [0.3, 0.4) is 0 Å². The highest BCUT2D eigenvalue weighted by molar-refractivity contribution is 5.06. The number of hydrogen-bond acceptors (Lipinski definition) is 2. The summed E-state index contributed by atoms with van der Waals surface area (Å²) in [6.45, 7) is 0. The van der Waals surface area contributed by atoms with E-state index in [1.807, 2.05) is 0 Å². The van der Waals surface area contributed by atoms with Gasteiger partial charge in [-0.05, 0) is 32.1 Å². The summed E-state index contributed by atoms with van der Waals surface area (Å²) >= 11 is 0. The second-order valence-electron chi connectivity index (χ2n) is 4.73. The highest BCUT2D eigenvalue weighted by Crippen LogP contribution is 2.42. The molecule has 2 heteroatoms. The summed E-state index contributed by atoms with van der Waals surface area (Å²) < 4.78 is 0. The fourth-order valence-corrected chi connectivity index (χ4v) is 3.24. The zero-order valence-electron chi connectivity index (χ0n) is 7.58. The third-order valence-corrected chi connectivity index (χ3v) is 3.94. The van der Waals surface area contributed by atoms with Crippen molar-refractivity contribution in [3.05, 3.63) is 0 Å². The minimum Gasteiger partial charge on any atom is -0.326 e. The molecule has 2 heterocycles. The van der Waals surface area contributed by atoms with E-state index < -0.39 is 0 Å². The monoisotopic (exact) mass is 166 g/mol. The van der Waals surface area contributed by atoms with E-state index in [2.05, 4.69) is 4.90 Å². The molecule has 4 unspecified atom stereocenters. The molecule has 3 fully saturated rings. The first-order chi connectivity index (χ1) is 5.86. The Hall–Kier alpha value is -0.0800. The van der Waals surface area contributed by atoms with Gasteiger partial charge >= 0.3 is 0 Å². The van der Waals surface area contributed by atoms with Gasteiger partial charge < -0.3 is 5.73 Å². The van der Waals surface area contributed by atoms with Crippen LogP contribution in [0.1, 0.15) is 38.5 Å². The van der Waals surface area contributed by atoms with Crippen molar-refractivity contribution in [2.45, 2.75) is 62.7 Å². The van der Waals surface area contributed by atoms with E-state index in [0.717, 1.165) is 18.1 Å². The van der Waals surface area contributed by atoms with Gasteiger partial charge in [-0.25, -0.2) is 0 Å². The standard InChI is InChI=1S/C10H18N2/c11-9-6-10(9)12-7-2-1-3-8(12)5-4-7/h7-10H,1-6,11H2. The molecule has 0 radical (unpaired) electrons. The molecule has 0 amide bonds. The third-order valence-electron chi connectivity index (χ3n) is 3.94. The van der Waals surface area contributed by atoms with Gasteiger partial charge in [-0.3, -0.25) is 4.90 Å². The molecule has 12 heavy (non-hydrogen) atoms. The number of hydrogen-bond donors (Lipinski definition) is 1. The smallest absolute Gasteiger partial charge is 0.0268 e. The maximum Gasteiger partial charge on any atom is 0.0268 e. The lowest BCUT2D eigenvalue weighted by Crippen LogP contribution is -2.43. The van der Waals surface area contributed by atoms with Crippen molar-refractivity contribution in [2.24, 2.45) is 5.73 Å². The molecule has 2 nitrogen and oxygen atoms in total. The lowest BCUT2D eigenvalue weighted by atomic mass is 10.0. The van der Waals surface area contributed by atoms with Crippen LogP contribution >= 0.6 is 0 Å². The van der Waals surface area contributed by atoms with Crippen LogP contribution in [0.4, 0.5) is 0 Å². The van der Waals surface area contributed by atoms with Crippen molar-refractivity contribution in [2.75, 3.05) is 0 Å². The van der Waals surface area contributed by atoms with E-state index in [-0.39, 0.29) is 0 Å². The van der Waals surface area contributed by atoms with Crippen molar-refractivity contribution in [1.29, 1.82) is 0 Å².